The van der Waals surface area contributed by atoms with Crippen LogP contribution in [0.3, 0.4) is 0 Å². The molecule has 0 fully saturated rings. The fourth-order valence-corrected chi connectivity index (χ4v) is 0. The van der Waals surface area contributed by atoms with Crippen molar-refractivity contribution in [2.24, 2.45) is 0 Å². The Bertz CT molecular complexity index is 213. The molecule has 0 heterocycles. The third-order valence-corrected chi connectivity index (χ3v) is 0. The number of quaternary nitrogens is 1. The maximum atomic E-state index is 8.74. The van der Waals surface area contributed by atoms with Gasteiger partial charge in [0.2, 0.25) is 0 Å². The SMILES string of the molecule is O=S(=O)(O)O.O=S(=O)(O)O.[Cu+2].[NH4+]. The second kappa shape index (κ2) is 7.85. The zero-order valence-corrected chi connectivity index (χ0v) is 8.11. The van der Waals surface area contributed by atoms with E-state index in [0.717, 1.165) is 0 Å². The molecule has 81 valence electrons. The Labute approximate surface area is 79.4 Å². The summed E-state index contributed by atoms with van der Waals surface area (Å²) in [6, 6.07) is 0. The molecule has 0 unspecified atom stereocenters. The van der Waals surface area contributed by atoms with Crippen LogP contribution in [0.25, 0.3) is 0 Å². The van der Waals surface area contributed by atoms with Crippen molar-refractivity contribution < 1.29 is 52.1 Å². The molecule has 0 aliphatic rings. The van der Waals surface area contributed by atoms with Crippen molar-refractivity contribution >= 4 is 20.8 Å². The molecule has 0 aliphatic carbocycles. The van der Waals surface area contributed by atoms with Crippen molar-refractivity contribution in [2.45, 2.75) is 0 Å². The Hall–Kier alpha value is 0.219. The van der Waals surface area contributed by atoms with E-state index in [0.29, 0.717) is 0 Å². The average molecular weight is 278 g/mol. The molecule has 0 amide bonds. The van der Waals surface area contributed by atoms with Gasteiger partial charge < -0.3 is 6.15 Å². The van der Waals surface area contributed by atoms with E-state index in [9.17, 15) is 0 Å². The Morgan fingerprint density at radius 2 is 0.667 bits per heavy atom. The van der Waals surface area contributed by atoms with Crippen LogP contribution >= 0.6 is 0 Å². The van der Waals surface area contributed by atoms with Gasteiger partial charge in [-0.3, -0.25) is 18.2 Å². The molecule has 1 radical (unpaired) electrons. The molecule has 0 aromatic carbocycles. The molecule has 0 saturated carbocycles. The van der Waals surface area contributed by atoms with Gasteiger partial charge in [-0.1, -0.05) is 0 Å². The van der Waals surface area contributed by atoms with Gasteiger partial charge in [0.05, 0.1) is 0 Å². The molecule has 9 nitrogen and oxygen atoms in total. The van der Waals surface area contributed by atoms with Gasteiger partial charge in [-0.05, 0) is 0 Å². The monoisotopic (exact) mass is 277 g/mol. The summed E-state index contributed by atoms with van der Waals surface area (Å²) in [7, 11) is -9.33. The first-order valence-electron chi connectivity index (χ1n) is 1.40. The molecule has 0 aromatic rings. The van der Waals surface area contributed by atoms with E-state index >= 15 is 0 Å². The molecule has 12 heteroatoms. The van der Waals surface area contributed by atoms with Gasteiger partial charge in [-0.25, -0.2) is 0 Å². The van der Waals surface area contributed by atoms with Crippen LogP contribution in [-0.2, 0) is 37.9 Å². The van der Waals surface area contributed by atoms with Crippen molar-refractivity contribution in [2.75, 3.05) is 0 Å². The summed E-state index contributed by atoms with van der Waals surface area (Å²) in [5.41, 5.74) is 0. The quantitative estimate of drug-likeness (QED) is 0.277. The van der Waals surface area contributed by atoms with Gasteiger partial charge in [-0.2, -0.15) is 16.8 Å². The average Bonchev–Trinajstić information content (AvgIpc) is 1.12. The predicted molar refractivity (Wildman–Crippen MR) is 34.3 cm³/mol. The van der Waals surface area contributed by atoms with Crippen LogP contribution in [0, 0.1) is 0 Å². The topological polar surface area (TPSA) is 186 Å². The van der Waals surface area contributed by atoms with E-state index in [2.05, 4.69) is 0 Å². The third kappa shape index (κ3) is 18000. The van der Waals surface area contributed by atoms with Crippen LogP contribution in [0.5, 0.6) is 0 Å². The Kier molecular flexibility index (Phi) is 14.9. The summed E-state index contributed by atoms with van der Waals surface area (Å²) in [6.45, 7) is 0. The fourth-order valence-electron chi connectivity index (χ4n) is 0. The van der Waals surface area contributed by atoms with Crippen LogP contribution in [0.4, 0.5) is 0 Å². The maximum absolute atomic E-state index is 8.74. The van der Waals surface area contributed by atoms with Crippen molar-refractivity contribution in [3.63, 3.8) is 0 Å². The fraction of sp³-hybridized carbons (Fsp3) is 0. The standard InChI is InChI=1S/Cu.H3N.2H2O4S/c;;2*1-5(2,3)4/h;1H3;2*(H2,1,2,3,4)/q+2;;;/p+1. The third-order valence-electron chi connectivity index (χ3n) is 0. The first-order chi connectivity index (χ1) is 4.00. The van der Waals surface area contributed by atoms with Gasteiger partial charge >= 0.3 is 37.9 Å². The second-order valence-electron chi connectivity index (χ2n) is 0.896. The van der Waals surface area contributed by atoms with Gasteiger partial charge in [0, 0.05) is 0 Å². The normalized spacial score (nSPS) is 9.67. The van der Waals surface area contributed by atoms with E-state index < -0.39 is 20.8 Å². The van der Waals surface area contributed by atoms with Gasteiger partial charge in [0.1, 0.15) is 0 Å². The van der Waals surface area contributed by atoms with E-state index in [1.807, 2.05) is 0 Å². The molecular formula is H8CuNO8S2+3. The van der Waals surface area contributed by atoms with Crippen molar-refractivity contribution in [3.05, 3.63) is 0 Å². The molecular weight excluding hydrogens is 270 g/mol. The molecule has 12 heavy (non-hydrogen) atoms. The van der Waals surface area contributed by atoms with Crippen LogP contribution in [0.15, 0.2) is 0 Å². The number of hydrogen-bond donors (Lipinski definition) is 5. The first-order valence-corrected chi connectivity index (χ1v) is 4.19. The smallest absolute Gasteiger partial charge is 0.369 e. The Balaban J connectivity index is -0.0000000457. The van der Waals surface area contributed by atoms with Gasteiger partial charge in [-0.15, -0.1) is 0 Å². The Morgan fingerprint density at radius 3 is 0.667 bits per heavy atom. The summed E-state index contributed by atoms with van der Waals surface area (Å²) in [6.07, 6.45) is 0. The van der Waals surface area contributed by atoms with Gasteiger partial charge in [0.25, 0.3) is 0 Å². The van der Waals surface area contributed by atoms with Crippen molar-refractivity contribution in [1.29, 1.82) is 0 Å². The molecule has 0 spiro atoms. The molecule has 0 atom stereocenters. The van der Waals surface area contributed by atoms with Gasteiger partial charge in [0.15, 0.2) is 0 Å². The summed E-state index contributed by atoms with van der Waals surface area (Å²) >= 11 is 0. The molecule has 0 aliphatic heterocycles. The zero-order valence-electron chi connectivity index (χ0n) is 5.54. The van der Waals surface area contributed by atoms with E-state index in [4.69, 9.17) is 35.0 Å². The number of rotatable bonds is 0. The minimum absolute atomic E-state index is 0. The summed E-state index contributed by atoms with van der Waals surface area (Å²) in [4.78, 5) is 0. The minimum atomic E-state index is -4.67. The van der Waals surface area contributed by atoms with Crippen LogP contribution < -0.4 is 6.15 Å². The summed E-state index contributed by atoms with van der Waals surface area (Å²) in [5.74, 6) is 0. The molecule has 8 N–H and O–H groups in total. The summed E-state index contributed by atoms with van der Waals surface area (Å²) in [5, 5.41) is 0. The second-order valence-corrected chi connectivity index (χ2v) is 2.69. The first kappa shape index (κ1) is 22.8. The maximum Gasteiger partial charge on any atom is 2.00 e. The van der Waals surface area contributed by atoms with Crippen molar-refractivity contribution in [3.8, 4) is 0 Å². The van der Waals surface area contributed by atoms with Crippen LogP contribution in [0.1, 0.15) is 0 Å². The van der Waals surface area contributed by atoms with E-state index in [1.54, 1.807) is 0 Å². The predicted octanol–water partition coefficient (Wildman–Crippen LogP) is -0.932. The molecule has 0 bridgehead atoms. The van der Waals surface area contributed by atoms with Crippen LogP contribution in [-0.4, -0.2) is 35.0 Å². The van der Waals surface area contributed by atoms with E-state index in [-0.39, 0.29) is 23.2 Å². The molecule has 0 rings (SSSR count). The van der Waals surface area contributed by atoms with E-state index in [1.165, 1.54) is 0 Å². The summed E-state index contributed by atoms with van der Waals surface area (Å²) < 4.78 is 63.2. The Morgan fingerprint density at radius 1 is 0.667 bits per heavy atom. The molecule has 0 saturated heterocycles. The van der Waals surface area contributed by atoms with Crippen LogP contribution in [0.2, 0.25) is 0 Å². The zero-order chi connectivity index (χ0) is 9.00. The number of hydrogen-bond acceptors (Lipinski definition) is 4. The minimum Gasteiger partial charge on any atom is -0.369 e. The molecule has 0 aromatic heterocycles. The van der Waals surface area contributed by atoms with Crippen molar-refractivity contribution in [1.82, 2.24) is 6.15 Å². The largest absolute Gasteiger partial charge is 2.00 e.